The molecule has 0 atom stereocenters. The van der Waals surface area contributed by atoms with Gasteiger partial charge in [-0.2, -0.15) is 0 Å². The second kappa shape index (κ2) is 6.24. The highest BCUT2D eigenvalue weighted by Gasteiger charge is 2.08. The van der Waals surface area contributed by atoms with Gasteiger partial charge in [0.2, 0.25) is 5.88 Å². The lowest BCUT2D eigenvalue weighted by Crippen LogP contribution is -2.24. The maximum Gasteiger partial charge on any atom is 0.338 e. The Balaban J connectivity index is 1.65. The van der Waals surface area contributed by atoms with Gasteiger partial charge in [0.1, 0.15) is 12.3 Å². The zero-order valence-corrected chi connectivity index (χ0v) is 13.7. The molecule has 0 radical (unpaired) electrons. The van der Waals surface area contributed by atoms with Gasteiger partial charge in [-0.25, -0.2) is 14.8 Å². The molecule has 0 saturated carbocycles. The lowest BCUT2D eigenvalue weighted by atomic mass is 10.2. The molecule has 25 heavy (non-hydrogen) atoms. The van der Waals surface area contributed by atoms with Gasteiger partial charge in [0, 0.05) is 24.7 Å². The molecule has 0 fully saturated rings. The van der Waals surface area contributed by atoms with E-state index in [4.69, 9.17) is 4.74 Å². The summed E-state index contributed by atoms with van der Waals surface area (Å²) in [5, 5.41) is 0. The van der Waals surface area contributed by atoms with Gasteiger partial charge < -0.3 is 4.74 Å². The molecular formula is C19H16N4O2. The van der Waals surface area contributed by atoms with Crippen molar-refractivity contribution >= 4 is 5.65 Å². The van der Waals surface area contributed by atoms with Crippen LogP contribution in [-0.4, -0.2) is 18.9 Å². The molecule has 0 aliphatic carbocycles. The minimum absolute atomic E-state index is 0.169. The highest BCUT2D eigenvalue weighted by Crippen LogP contribution is 2.10. The van der Waals surface area contributed by atoms with Crippen molar-refractivity contribution in [2.24, 2.45) is 0 Å². The van der Waals surface area contributed by atoms with Gasteiger partial charge in [-0.15, -0.1) is 0 Å². The van der Waals surface area contributed by atoms with E-state index >= 15 is 0 Å². The predicted octanol–water partition coefficient (Wildman–Crippen LogP) is 2.77. The summed E-state index contributed by atoms with van der Waals surface area (Å²) in [5.74, 6) is 0.525. The third-order valence-corrected chi connectivity index (χ3v) is 3.89. The molecule has 1 aromatic carbocycles. The Labute approximate surface area is 144 Å². The smallest absolute Gasteiger partial charge is 0.338 e. The third-order valence-electron chi connectivity index (χ3n) is 3.89. The van der Waals surface area contributed by atoms with E-state index < -0.39 is 0 Å². The van der Waals surface area contributed by atoms with Crippen LogP contribution in [0.2, 0.25) is 0 Å². The molecule has 6 nitrogen and oxygen atoms in total. The van der Waals surface area contributed by atoms with Gasteiger partial charge in [0.25, 0.3) is 0 Å². The van der Waals surface area contributed by atoms with Crippen molar-refractivity contribution in [3.63, 3.8) is 0 Å². The largest absolute Gasteiger partial charge is 0.471 e. The minimum Gasteiger partial charge on any atom is -0.471 e. The van der Waals surface area contributed by atoms with Crippen LogP contribution in [0.1, 0.15) is 11.3 Å². The van der Waals surface area contributed by atoms with Gasteiger partial charge in [-0.1, -0.05) is 23.8 Å². The summed E-state index contributed by atoms with van der Waals surface area (Å²) in [4.78, 5) is 21.3. The molecule has 0 bridgehead atoms. The molecule has 4 rings (SSSR count). The summed E-state index contributed by atoms with van der Waals surface area (Å²) in [7, 11) is 0. The first-order chi connectivity index (χ1) is 12.2. The predicted molar refractivity (Wildman–Crippen MR) is 94.1 cm³/mol. The molecule has 3 heterocycles. The summed E-state index contributed by atoms with van der Waals surface area (Å²) >= 11 is 0. The SMILES string of the molecule is Cc1ccc(-n2ccc3nc(COc4ccccn4)cn3c2=O)cc1. The number of rotatable bonds is 4. The fourth-order valence-corrected chi connectivity index (χ4v) is 2.59. The lowest BCUT2D eigenvalue weighted by Gasteiger charge is -2.06. The molecular weight excluding hydrogens is 316 g/mol. The van der Waals surface area contributed by atoms with E-state index in [1.54, 1.807) is 29.2 Å². The second-order valence-corrected chi connectivity index (χ2v) is 5.72. The first-order valence-corrected chi connectivity index (χ1v) is 7.91. The number of pyridine rings is 1. The zero-order chi connectivity index (χ0) is 17.2. The van der Waals surface area contributed by atoms with Crippen LogP contribution in [0.25, 0.3) is 11.3 Å². The standard InChI is InChI=1S/C19H16N4O2/c1-14-5-7-16(8-6-14)22-11-9-17-21-15(12-23(17)19(22)24)13-25-18-4-2-3-10-20-18/h2-12H,13H2,1H3. The Morgan fingerprint density at radius 3 is 2.68 bits per heavy atom. The van der Waals surface area contributed by atoms with Crippen molar-refractivity contribution in [2.45, 2.75) is 13.5 Å². The van der Waals surface area contributed by atoms with E-state index in [9.17, 15) is 4.79 Å². The summed E-state index contributed by atoms with van der Waals surface area (Å²) in [6.45, 7) is 2.27. The van der Waals surface area contributed by atoms with E-state index in [0.717, 1.165) is 11.3 Å². The van der Waals surface area contributed by atoms with E-state index in [-0.39, 0.29) is 12.3 Å². The average molecular weight is 332 g/mol. The molecule has 4 aromatic rings. The average Bonchev–Trinajstić information content (AvgIpc) is 3.06. The van der Waals surface area contributed by atoms with Crippen LogP contribution in [0.15, 0.2) is 71.9 Å². The number of hydrogen-bond acceptors (Lipinski definition) is 4. The fraction of sp³-hybridized carbons (Fsp3) is 0.105. The molecule has 6 heteroatoms. The summed E-state index contributed by atoms with van der Waals surface area (Å²) < 4.78 is 8.71. The second-order valence-electron chi connectivity index (χ2n) is 5.72. The van der Waals surface area contributed by atoms with Crippen molar-refractivity contribution in [3.05, 3.63) is 88.9 Å². The molecule has 0 N–H and O–H groups in total. The van der Waals surface area contributed by atoms with Crippen LogP contribution < -0.4 is 10.4 Å². The quantitative estimate of drug-likeness (QED) is 0.576. The third kappa shape index (κ3) is 3.01. The number of imidazole rings is 1. The van der Waals surface area contributed by atoms with Crippen molar-refractivity contribution in [2.75, 3.05) is 0 Å². The van der Waals surface area contributed by atoms with E-state index in [1.807, 2.05) is 49.4 Å². The van der Waals surface area contributed by atoms with Crippen molar-refractivity contribution in [1.82, 2.24) is 18.9 Å². The molecule has 0 aliphatic heterocycles. The first kappa shape index (κ1) is 15.1. The number of fused-ring (bicyclic) bond motifs is 1. The number of benzene rings is 1. The number of aromatic nitrogens is 4. The maximum absolute atomic E-state index is 12.7. The Morgan fingerprint density at radius 2 is 1.92 bits per heavy atom. The van der Waals surface area contributed by atoms with Crippen molar-refractivity contribution in [1.29, 1.82) is 0 Å². The number of hydrogen-bond donors (Lipinski definition) is 0. The molecule has 124 valence electrons. The van der Waals surface area contributed by atoms with Crippen LogP contribution in [0, 0.1) is 6.92 Å². The first-order valence-electron chi connectivity index (χ1n) is 7.91. The molecule has 0 spiro atoms. The van der Waals surface area contributed by atoms with E-state index in [1.165, 1.54) is 4.40 Å². The topological polar surface area (TPSA) is 61.4 Å². The molecule has 0 amide bonds. The highest BCUT2D eigenvalue weighted by atomic mass is 16.5. The monoisotopic (exact) mass is 332 g/mol. The van der Waals surface area contributed by atoms with Gasteiger partial charge >= 0.3 is 5.69 Å². The Kier molecular flexibility index (Phi) is 3.78. The number of nitrogens with zero attached hydrogens (tertiary/aromatic N) is 4. The molecule has 3 aromatic heterocycles. The number of ether oxygens (including phenoxy) is 1. The fourth-order valence-electron chi connectivity index (χ4n) is 2.59. The van der Waals surface area contributed by atoms with Crippen LogP contribution >= 0.6 is 0 Å². The summed E-state index contributed by atoms with van der Waals surface area (Å²) in [6.07, 6.45) is 5.10. The van der Waals surface area contributed by atoms with Gasteiger partial charge in [-0.3, -0.25) is 8.97 Å². The van der Waals surface area contributed by atoms with Crippen molar-refractivity contribution < 1.29 is 4.74 Å². The van der Waals surface area contributed by atoms with E-state index in [0.29, 0.717) is 17.2 Å². The van der Waals surface area contributed by atoms with Gasteiger partial charge in [-0.05, 0) is 31.2 Å². The lowest BCUT2D eigenvalue weighted by molar-refractivity contribution is 0.290. The van der Waals surface area contributed by atoms with Gasteiger partial charge in [0.15, 0.2) is 0 Å². The maximum atomic E-state index is 12.7. The summed E-state index contributed by atoms with van der Waals surface area (Å²) in [5.41, 5.74) is 3.06. The Hall–Kier alpha value is -3.41. The van der Waals surface area contributed by atoms with Crippen LogP contribution in [0.4, 0.5) is 0 Å². The molecule has 0 aliphatic rings. The van der Waals surface area contributed by atoms with Gasteiger partial charge in [0.05, 0.1) is 11.4 Å². The molecule has 0 saturated heterocycles. The van der Waals surface area contributed by atoms with Crippen LogP contribution in [0.3, 0.4) is 0 Å². The Bertz CT molecular complexity index is 1070. The van der Waals surface area contributed by atoms with Crippen LogP contribution in [0.5, 0.6) is 5.88 Å². The van der Waals surface area contributed by atoms with Crippen molar-refractivity contribution in [3.8, 4) is 11.6 Å². The number of aryl methyl sites for hydroxylation is 1. The zero-order valence-electron chi connectivity index (χ0n) is 13.7. The van der Waals surface area contributed by atoms with E-state index in [2.05, 4.69) is 9.97 Å². The normalized spacial score (nSPS) is 10.9. The highest BCUT2D eigenvalue weighted by molar-refractivity contribution is 5.41. The van der Waals surface area contributed by atoms with Crippen LogP contribution in [-0.2, 0) is 6.61 Å². The molecule has 0 unspecified atom stereocenters. The Morgan fingerprint density at radius 1 is 1.08 bits per heavy atom. The summed E-state index contributed by atoms with van der Waals surface area (Å²) in [6, 6.07) is 15.1. The minimum atomic E-state index is -0.169.